The van der Waals surface area contributed by atoms with Crippen LogP contribution in [0.3, 0.4) is 0 Å². The third-order valence-corrected chi connectivity index (χ3v) is 2.77. The lowest BCUT2D eigenvalue weighted by Gasteiger charge is -2.04. The van der Waals surface area contributed by atoms with Crippen molar-refractivity contribution in [3.8, 4) is 0 Å². The number of aromatic amines is 1. The van der Waals surface area contributed by atoms with Gasteiger partial charge >= 0.3 is 17.3 Å². The van der Waals surface area contributed by atoms with Gasteiger partial charge in [-0.1, -0.05) is 18.7 Å². The summed E-state index contributed by atoms with van der Waals surface area (Å²) in [5.74, 6) is 0.255. The second kappa shape index (κ2) is 7.00. The molecular weight excluding hydrogens is 258 g/mol. The Kier molecular flexibility index (Phi) is 5.63. The summed E-state index contributed by atoms with van der Waals surface area (Å²) in [6.45, 7) is 3.82. The van der Waals surface area contributed by atoms with Gasteiger partial charge in [-0.15, -0.1) is 0 Å². The lowest BCUT2D eigenvalue weighted by atomic mass is 10.4. The van der Waals surface area contributed by atoms with E-state index in [4.69, 9.17) is 4.74 Å². The van der Waals surface area contributed by atoms with Crippen LogP contribution in [0.5, 0.6) is 0 Å². The molecule has 7 nitrogen and oxygen atoms in total. The van der Waals surface area contributed by atoms with Crippen molar-refractivity contribution in [3.63, 3.8) is 0 Å². The Morgan fingerprint density at radius 2 is 2.17 bits per heavy atom. The number of hydrogen-bond donors (Lipinski definition) is 1. The van der Waals surface area contributed by atoms with Crippen LogP contribution < -0.4 is 11.4 Å². The molecule has 0 fully saturated rings. The van der Waals surface area contributed by atoms with Crippen LogP contribution in [0.1, 0.15) is 20.3 Å². The predicted octanol–water partition coefficient (Wildman–Crippen LogP) is -0.00320. The average molecular weight is 273 g/mol. The van der Waals surface area contributed by atoms with E-state index in [1.807, 2.05) is 6.92 Å². The van der Waals surface area contributed by atoms with E-state index in [1.54, 1.807) is 6.92 Å². The highest BCUT2D eigenvalue weighted by Gasteiger charge is 2.08. The second-order valence-corrected chi connectivity index (χ2v) is 4.52. The number of carbonyl (C=O) groups excluding carboxylic acids is 1. The number of thioether (sulfide) groups is 1. The molecule has 1 heterocycles. The highest BCUT2D eigenvalue weighted by Crippen LogP contribution is 2.06. The molecular formula is C10H15N3O4S. The molecule has 1 aromatic heterocycles. The van der Waals surface area contributed by atoms with Crippen molar-refractivity contribution in [3.05, 3.63) is 21.0 Å². The maximum absolute atomic E-state index is 11.6. The molecule has 0 atom stereocenters. The molecule has 18 heavy (non-hydrogen) atoms. The van der Waals surface area contributed by atoms with Gasteiger partial charge in [0.25, 0.3) is 0 Å². The quantitative estimate of drug-likeness (QED) is 0.579. The minimum absolute atomic E-state index is 0.0290. The van der Waals surface area contributed by atoms with Crippen molar-refractivity contribution < 1.29 is 9.53 Å². The molecule has 1 rings (SSSR count). The van der Waals surface area contributed by atoms with Gasteiger partial charge in [-0.05, 0) is 12.7 Å². The van der Waals surface area contributed by atoms with Crippen molar-refractivity contribution in [2.75, 3.05) is 12.4 Å². The van der Waals surface area contributed by atoms with Crippen LogP contribution in [-0.4, -0.2) is 32.9 Å². The topological polar surface area (TPSA) is 94.0 Å². The zero-order valence-electron chi connectivity index (χ0n) is 10.3. The van der Waals surface area contributed by atoms with E-state index in [2.05, 4.69) is 9.97 Å². The highest BCUT2D eigenvalue weighted by atomic mass is 32.2. The molecule has 100 valence electrons. The number of esters is 1. The van der Waals surface area contributed by atoms with Gasteiger partial charge < -0.3 is 4.74 Å². The van der Waals surface area contributed by atoms with E-state index in [1.165, 1.54) is 11.8 Å². The number of rotatable bonds is 6. The van der Waals surface area contributed by atoms with Crippen LogP contribution in [0, 0.1) is 0 Å². The first-order valence-corrected chi connectivity index (χ1v) is 6.56. The summed E-state index contributed by atoms with van der Waals surface area (Å²) in [5.41, 5.74) is -1.21. The standard InChI is InChI=1S/C10H15N3O4S/c1-3-17-7(14)5-6-13-9(15)11-8(18-4-2)12-10(13)16/h3-6H2,1-2H3,(H,11,12,15,16). The van der Waals surface area contributed by atoms with Crippen LogP contribution >= 0.6 is 11.8 Å². The van der Waals surface area contributed by atoms with Crippen molar-refractivity contribution >= 4 is 17.7 Å². The maximum atomic E-state index is 11.6. The largest absolute Gasteiger partial charge is 0.466 e. The van der Waals surface area contributed by atoms with Gasteiger partial charge in [0.1, 0.15) is 0 Å². The Labute approximate surface area is 108 Å². The fourth-order valence-electron chi connectivity index (χ4n) is 1.26. The number of nitrogens with zero attached hydrogens (tertiary/aromatic N) is 2. The molecule has 1 aromatic rings. The van der Waals surface area contributed by atoms with Crippen LogP contribution in [0.25, 0.3) is 0 Å². The summed E-state index contributed by atoms with van der Waals surface area (Å²) in [7, 11) is 0. The van der Waals surface area contributed by atoms with E-state index >= 15 is 0 Å². The molecule has 0 bridgehead atoms. The molecule has 0 aromatic carbocycles. The highest BCUT2D eigenvalue weighted by molar-refractivity contribution is 7.99. The molecule has 0 aliphatic carbocycles. The number of nitrogens with one attached hydrogen (secondary N) is 1. The van der Waals surface area contributed by atoms with Gasteiger partial charge in [0.2, 0.25) is 0 Å². The Balaban J connectivity index is 2.81. The average Bonchev–Trinajstić information content (AvgIpc) is 2.28. The molecule has 0 saturated carbocycles. The van der Waals surface area contributed by atoms with Gasteiger partial charge in [-0.25, -0.2) is 14.2 Å². The second-order valence-electron chi connectivity index (χ2n) is 3.27. The Morgan fingerprint density at radius 1 is 1.44 bits per heavy atom. The van der Waals surface area contributed by atoms with E-state index in [-0.39, 0.29) is 19.6 Å². The normalized spacial score (nSPS) is 10.3. The third-order valence-electron chi connectivity index (χ3n) is 2.01. The number of carbonyl (C=O) groups is 1. The molecule has 0 amide bonds. The molecule has 0 saturated heterocycles. The predicted molar refractivity (Wildman–Crippen MR) is 66.8 cm³/mol. The number of aromatic nitrogens is 3. The van der Waals surface area contributed by atoms with Crippen LogP contribution in [0.2, 0.25) is 0 Å². The number of H-pyrrole nitrogens is 1. The lowest BCUT2D eigenvalue weighted by molar-refractivity contribution is -0.143. The van der Waals surface area contributed by atoms with E-state index < -0.39 is 17.3 Å². The van der Waals surface area contributed by atoms with E-state index in [0.29, 0.717) is 10.9 Å². The molecule has 0 unspecified atom stereocenters. The van der Waals surface area contributed by atoms with E-state index in [0.717, 1.165) is 4.57 Å². The summed E-state index contributed by atoms with van der Waals surface area (Å²) in [4.78, 5) is 40.5. The zero-order chi connectivity index (χ0) is 13.5. The smallest absolute Gasteiger partial charge is 0.354 e. The van der Waals surface area contributed by atoms with E-state index in [9.17, 15) is 14.4 Å². The first-order chi connectivity index (χ1) is 8.58. The lowest BCUT2D eigenvalue weighted by Crippen LogP contribution is -2.38. The first kappa shape index (κ1) is 14.5. The van der Waals surface area contributed by atoms with Crippen LogP contribution in [-0.2, 0) is 16.1 Å². The molecule has 0 radical (unpaired) electrons. The van der Waals surface area contributed by atoms with Gasteiger partial charge in [0.15, 0.2) is 5.16 Å². The van der Waals surface area contributed by atoms with Gasteiger partial charge in [0, 0.05) is 6.54 Å². The molecule has 8 heteroatoms. The van der Waals surface area contributed by atoms with Gasteiger partial charge in [-0.2, -0.15) is 4.98 Å². The third kappa shape index (κ3) is 4.02. The zero-order valence-corrected chi connectivity index (χ0v) is 11.1. The van der Waals surface area contributed by atoms with Crippen LogP contribution in [0.4, 0.5) is 0 Å². The molecule has 0 spiro atoms. The van der Waals surface area contributed by atoms with Crippen molar-refractivity contribution in [2.24, 2.45) is 0 Å². The minimum atomic E-state index is -0.654. The van der Waals surface area contributed by atoms with Crippen molar-refractivity contribution in [1.82, 2.24) is 14.5 Å². The maximum Gasteiger partial charge on any atom is 0.354 e. The van der Waals surface area contributed by atoms with Crippen LogP contribution in [0.15, 0.2) is 14.7 Å². The summed E-state index contributed by atoms with van der Waals surface area (Å²) in [6.07, 6.45) is -0.0290. The fraction of sp³-hybridized carbons (Fsp3) is 0.600. The summed E-state index contributed by atoms with van der Waals surface area (Å²) in [5, 5.41) is 0.292. The van der Waals surface area contributed by atoms with Crippen molar-refractivity contribution in [1.29, 1.82) is 0 Å². The Morgan fingerprint density at radius 3 is 2.72 bits per heavy atom. The Bertz CT molecular complexity index is 491. The monoisotopic (exact) mass is 273 g/mol. The summed E-state index contributed by atoms with van der Waals surface area (Å²) >= 11 is 1.27. The van der Waals surface area contributed by atoms with Gasteiger partial charge in [-0.3, -0.25) is 9.78 Å². The number of ether oxygens (including phenoxy) is 1. The fourth-order valence-corrected chi connectivity index (χ4v) is 1.84. The summed E-state index contributed by atoms with van der Waals surface area (Å²) in [6, 6.07) is 0. The van der Waals surface area contributed by atoms with Crippen molar-refractivity contribution in [2.45, 2.75) is 32.0 Å². The Hall–Kier alpha value is -1.57. The SMILES string of the molecule is CCOC(=O)CCn1c(=O)nc(SCC)[nH]c1=O. The summed E-state index contributed by atoms with van der Waals surface area (Å²) < 4.78 is 5.60. The van der Waals surface area contributed by atoms with Gasteiger partial charge in [0.05, 0.1) is 13.0 Å². The molecule has 0 aliphatic rings. The molecule has 0 aliphatic heterocycles. The first-order valence-electron chi connectivity index (χ1n) is 5.58. The molecule has 1 N–H and O–H groups in total. The minimum Gasteiger partial charge on any atom is -0.466 e. The number of hydrogen-bond acceptors (Lipinski definition) is 6.